The molecule has 2 aromatic carbocycles. The molecule has 2 rings (SSSR count). The molecule has 0 spiro atoms. The van der Waals surface area contributed by atoms with Gasteiger partial charge in [-0.3, -0.25) is 0 Å². The van der Waals surface area contributed by atoms with Crippen LogP contribution < -0.4 is 10.1 Å². The molecule has 0 atom stereocenters. The van der Waals surface area contributed by atoms with Gasteiger partial charge >= 0.3 is 0 Å². The Labute approximate surface area is 128 Å². The normalized spacial score (nSPS) is 10.9. The topological polar surface area (TPSA) is 21.3 Å². The number of hydrogen-bond donors (Lipinski definition) is 1. The summed E-state index contributed by atoms with van der Waals surface area (Å²) >= 11 is 0. The number of nitrogens with one attached hydrogen (secondary N) is 1. The molecule has 2 aromatic rings. The fourth-order valence-corrected chi connectivity index (χ4v) is 2.07. The largest absolute Gasteiger partial charge is 0.493 e. The molecule has 0 aliphatic heterocycles. The van der Waals surface area contributed by atoms with Crippen LogP contribution in [0.25, 0.3) is 0 Å². The van der Waals surface area contributed by atoms with Crippen LogP contribution in [0.1, 0.15) is 30.5 Å². The SMILES string of the molecule is Cc1ccc(CNCc2cccc(OCC(C)C)c2)cc1. The van der Waals surface area contributed by atoms with Gasteiger partial charge in [0.15, 0.2) is 0 Å². The minimum absolute atomic E-state index is 0.549. The summed E-state index contributed by atoms with van der Waals surface area (Å²) in [6.45, 7) is 8.93. The maximum Gasteiger partial charge on any atom is 0.119 e. The van der Waals surface area contributed by atoms with Crippen molar-refractivity contribution in [2.24, 2.45) is 5.92 Å². The van der Waals surface area contributed by atoms with Gasteiger partial charge in [-0.2, -0.15) is 0 Å². The van der Waals surface area contributed by atoms with E-state index in [0.29, 0.717) is 5.92 Å². The summed E-state index contributed by atoms with van der Waals surface area (Å²) in [4.78, 5) is 0. The Kier molecular flexibility index (Phi) is 5.82. The van der Waals surface area contributed by atoms with Gasteiger partial charge in [-0.1, -0.05) is 55.8 Å². The Bertz CT molecular complexity index is 546. The van der Waals surface area contributed by atoms with Gasteiger partial charge in [-0.15, -0.1) is 0 Å². The van der Waals surface area contributed by atoms with E-state index in [1.807, 2.05) is 6.07 Å². The molecule has 0 aliphatic rings. The highest BCUT2D eigenvalue weighted by Crippen LogP contribution is 2.14. The third-order valence-corrected chi connectivity index (χ3v) is 3.26. The summed E-state index contributed by atoms with van der Waals surface area (Å²) < 4.78 is 5.76. The Balaban J connectivity index is 1.82. The summed E-state index contributed by atoms with van der Waals surface area (Å²) in [5.41, 5.74) is 3.87. The summed E-state index contributed by atoms with van der Waals surface area (Å²) in [5.74, 6) is 1.51. The van der Waals surface area contributed by atoms with Crippen molar-refractivity contribution in [2.45, 2.75) is 33.9 Å². The molecule has 112 valence electrons. The molecular formula is C19H25NO. The smallest absolute Gasteiger partial charge is 0.119 e. The summed E-state index contributed by atoms with van der Waals surface area (Å²) in [6.07, 6.45) is 0. The van der Waals surface area contributed by atoms with Crippen LogP contribution in [0.15, 0.2) is 48.5 Å². The average Bonchev–Trinajstić information content (AvgIpc) is 2.48. The van der Waals surface area contributed by atoms with E-state index in [2.05, 4.69) is 68.6 Å². The molecule has 21 heavy (non-hydrogen) atoms. The fraction of sp³-hybridized carbons (Fsp3) is 0.368. The van der Waals surface area contributed by atoms with Gasteiger partial charge in [0.25, 0.3) is 0 Å². The lowest BCUT2D eigenvalue weighted by atomic mass is 10.1. The van der Waals surface area contributed by atoms with Gasteiger partial charge in [0.2, 0.25) is 0 Å². The molecule has 0 unspecified atom stereocenters. The molecule has 0 fully saturated rings. The standard InChI is InChI=1S/C19H25NO/c1-15(2)14-21-19-6-4-5-18(11-19)13-20-12-17-9-7-16(3)8-10-17/h4-11,15,20H,12-14H2,1-3H3. The quantitative estimate of drug-likeness (QED) is 0.817. The monoisotopic (exact) mass is 283 g/mol. The first kappa shape index (κ1) is 15.6. The van der Waals surface area contributed by atoms with Gasteiger partial charge in [0, 0.05) is 13.1 Å². The number of aryl methyl sites for hydroxylation is 1. The fourth-order valence-electron chi connectivity index (χ4n) is 2.07. The lowest BCUT2D eigenvalue weighted by Gasteiger charge is -2.10. The molecule has 0 radical (unpaired) electrons. The van der Waals surface area contributed by atoms with E-state index in [4.69, 9.17) is 4.74 Å². The van der Waals surface area contributed by atoms with Gasteiger partial charge in [-0.25, -0.2) is 0 Å². The van der Waals surface area contributed by atoms with Crippen molar-refractivity contribution < 1.29 is 4.74 Å². The van der Waals surface area contributed by atoms with E-state index in [0.717, 1.165) is 25.4 Å². The van der Waals surface area contributed by atoms with E-state index >= 15 is 0 Å². The summed E-state index contributed by atoms with van der Waals surface area (Å²) in [6, 6.07) is 17.0. The first-order chi connectivity index (χ1) is 10.1. The Morgan fingerprint density at radius 2 is 1.67 bits per heavy atom. The second kappa shape index (κ2) is 7.84. The third kappa shape index (κ3) is 5.60. The minimum Gasteiger partial charge on any atom is -0.493 e. The lowest BCUT2D eigenvalue weighted by Crippen LogP contribution is -2.12. The highest BCUT2D eigenvalue weighted by Gasteiger charge is 1.99. The van der Waals surface area contributed by atoms with Crippen molar-refractivity contribution in [3.05, 3.63) is 65.2 Å². The molecule has 2 nitrogen and oxygen atoms in total. The highest BCUT2D eigenvalue weighted by molar-refractivity contribution is 5.28. The second-order valence-electron chi connectivity index (χ2n) is 5.94. The van der Waals surface area contributed by atoms with Crippen LogP contribution in [0.3, 0.4) is 0 Å². The van der Waals surface area contributed by atoms with Crippen LogP contribution in [0, 0.1) is 12.8 Å². The zero-order valence-corrected chi connectivity index (χ0v) is 13.2. The summed E-state index contributed by atoms with van der Waals surface area (Å²) in [5, 5.41) is 3.47. The van der Waals surface area contributed by atoms with Crippen molar-refractivity contribution in [2.75, 3.05) is 6.61 Å². The Hall–Kier alpha value is -1.80. The number of rotatable bonds is 7. The molecule has 0 saturated heterocycles. The van der Waals surface area contributed by atoms with Gasteiger partial charge < -0.3 is 10.1 Å². The predicted octanol–water partition coefficient (Wildman–Crippen LogP) is 4.32. The van der Waals surface area contributed by atoms with Gasteiger partial charge in [0.1, 0.15) is 5.75 Å². The van der Waals surface area contributed by atoms with Crippen molar-refractivity contribution in [3.63, 3.8) is 0 Å². The highest BCUT2D eigenvalue weighted by atomic mass is 16.5. The Morgan fingerprint density at radius 1 is 0.952 bits per heavy atom. The maximum atomic E-state index is 5.76. The molecule has 0 amide bonds. The van der Waals surface area contributed by atoms with Crippen LogP contribution >= 0.6 is 0 Å². The Morgan fingerprint density at radius 3 is 2.38 bits per heavy atom. The van der Waals surface area contributed by atoms with E-state index in [9.17, 15) is 0 Å². The average molecular weight is 283 g/mol. The van der Waals surface area contributed by atoms with E-state index in [-0.39, 0.29) is 0 Å². The zero-order chi connectivity index (χ0) is 15.1. The van der Waals surface area contributed by atoms with E-state index in [1.54, 1.807) is 0 Å². The minimum atomic E-state index is 0.549. The molecule has 0 aliphatic carbocycles. The number of hydrogen-bond acceptors (Lipinski definition) is 2. The van der Waals surface area contributed by atoms with Crippen LogP contribution in [0.4, 0.5) is 0 Å². The summed E-state index contributed by atoms with van der Waals surface area (Å²) in [7, 11) is 0. The molecule has 0 bridgehead atoms. The van der Waals surface area contributed by atoms with Crippen LogP contribution in [-0.2, 0) is 13.1 Å². The predicted molar refractivity (Wildman–Crippen MR) is 88.5 cm³/mol. The third-order valence-electron chi connectivity index (χ3n) is 3.26. The zero-order valence-electron chi connectivity index (χ0n) is 13.2. The molecule has 0 aromatic heterocycles. The van der Waals surface area contributed by atoms with Crippen molar-refractivity contribution in [1.82, 2.24) is 5.32 Å². The maximum absolute atomic E-state index is 5.76. The molecular weight excluding hydrogens is 258 g/mol. The lowest BCUT2D eigenvalue weighted by molar-refractivity contribution is 0.271. The number of benzene rings is 2. The first-order valence-electron chi connectivity index (χ1n) is 7.61. The molecule has 0 heterocycles. The van der Waals surface area contributed by atoms with Crippen LogP contribution in [0.5, 0.6) is 5.75 Å². The molecule has 2 heteroatoms. The van der Waals surface area contributed by atoms with Crippen LogP contribution in [-0.4, -0.2) is 6.61 Å². The number of ether oxygens (including phenoxy) is 1. The van der Waals surface area contributed by atoms with Crippen molar-refractivity contribution >= 4 is 0 Å². The van der Waals surface area contributed by atoms with Gasteiger partial charge in [0.05, 0.1) is 6.61 Å². The van der Waals surface area contributed by atoms with Crippen molar-refractivity contribution in [3.8, 4) is 5.75 Å². The van der Waals surface area contributed by atoms with Crippen LogP contribution in [0.2, 0.25) is 0 Å². The molecule has 1 N–H and O–H groups in total. The first-order valence-corrected chi connectivity index (χ1v) is 7.61. The van der Waals surface area contributed by atoms with E-state index in [1.165, 1.54) is 16.7 Å². The van der Waals surface area contributed by atoms with Crippen molar-refractivity contribution in [1.29, 1.82) is 0 Å². The van der Waals surface area contributed by atoms with Gasteiger partial charge in [-0.05, 0) is 36.1 Å². The van der Waals surface area contributed by atoms with E-state index < -0.39 is 0 Å². The second-order valence-corrected chi connectivity index (χ2v) is 5.94. The molecule has 0 saturated carbocycles.